The van der Waals surface area contributed by atoms with Crippen LogP contribution in [-0.4, -0.2) is 22.9 Å². The highest BCUT2D eigenvalue weighted by atomic mass is 16.5. The van der Waals surface area contributed by atoms with Gasteiger partial charge >= 0.3 is 0 Å². The zero-order valence-corrected chi connectivity index (χ0v) is 12.0. The van der Waals surface area contributed by atoms with E-state index < -0.39 is 0 Å². The van der Waals surface area contributed by atoms with Crippen molar-refractivity contribution in [1.29, 1.82) is 0 Å². The number of benzene rings is 1. The van der Waals surface area contributed by atoms with Gasteiger partial charge in [0.05, 0.1) is 12.5 Å². The standard InChI is InChI=1S/C16H14N2O3/c1-9-10(2)21-16-13(9)14(17-8-18-16)15(19)11-4-6-12(20-3)7-5-11/h4-8H,1-3H3. The molecule has 0 N–H and O–H groups in total. The van der Waals surface area contributed by atoms with Crippen molar-refractivity contribution < 1.29 is 13.9 Å². The number of carbonyl (C=O) groups is 1. The maximum atomic E-state index is 12.6. The Kier molecular flexibility index (Phi) is 3.17. The van der Waals surface area contributed by atoms with Gasteiger partial charge in [-0.2, -0.15) is 0 Å². The highest BCUT2D eigenvalue weighted by molar-refractivity contribution is 6.14. The number of furan rings is 1. The molecule has 0 amide bonds. The molecule has 0 saturated heterocycles. The molecular formula is C16H14N2O3. The molecule has 2 heterocycles. The van der Waals surface area contributed by atoms with E-state index in [4.69, 9.17) is 9.15 Å². The smallest absolute Gasteiger partial charge is 0.230 e. The van der Waals surface area contributed by atoms with E-state index in [9.17, 15) is 4.79 Å². The van der Waals surface area contributed by atoms with Gasteiger partial charge in [0.15, 0.2) is 0 Å². The van der Waals surface area contributed by atoms with Gasteiger partial charge in [0.2, 0.25) is 11.5 Å². The number of rotatable bonds is 3. The fraction of sp³-hybridized carbons (Fsp3) is 0.188. The molecule has 0 bridgehead atoms. The first-order valence-corrected chi connectivity index (χ1v) is 6.51. The van der Waals surface area contributed by atoms with Crippen LogP contribution in [0.3, 0.4) is 0 Å². The minimum Gasteiger partial charge on any atom is -0.497 e. The summed E-state index contributed by atoms with van der Waals surface area (Å²) < 4.78 is 10.6. The van der Waals surface area contributed by atoms with Gasteiger partial charge < -0.3 is 9.15 Å². The van der Waals surface area contributed by atoms with Crippen LogP contribution in [0.4, 0.5) is 0 Å². The minimum absolute atomic E-state index is 0.158. The number of ketones is 1. The van der Waals surface area contributed by atoms with E-state index in [0.29, 0.717) is 28.1 Å². The molecule has 2 aromatic heterocycles. The molecule has 3 rings (SSSR count). The molecule has 0 saturated carbocycles. The van der Waals surface area contributed by atoms with E-state index in [2.05, 4.69) is 9.97 Å². The Balaban J connectivity index is 2.12. The number of nitrogens with zero attached hydrogens (tertiary/aromatic N) is 2. The topological polar surface area (TPSA) is 65.2 Å². The first-order chi connectivity index (χ1) is 10.1. The number of carbonyl (C=O) groups excluding carboxylic acids is 1. The van der Waals surface area contributed by atoms with Gasteiger partial charge in [-0.1, -0.05) is 0 Å². The van der Waals surface area contributed by atoms with Crippen LogP contribution in [0.15, 0.2) is 35.0 Å². The zero-order valence-electron chi connectivity index (χ0n) is 12.0. The Labute approximate surface area is 121 Å². The summed E-state index contributed by atoms with van der Waals surface area (Å²) in [5, 5.41) is 0.677. The predicted octanol–water partition coefficient (Wildman–Crippen LogP) is 3.08. The highest BCUT2D eigenvalue weighted by Gasteiger charge is 2.20. The van der Waals surface area contributed by atoms with Crippen molar-refractivity contribution in [2.24, 2.45) is 0 Å². The van der Waals surface area contributed by atoms with Gasteiger partial charge in [0.25, 0.3) is 0 Å². The van der Waals surface area contributed by atoms with Crippen molar-refractivity contribution in [3.05, 3.63) is 53.2 Å². The Morgan fingerprint density at radius 1 is 1.14 bits per heavy atom. The zero-order chi connectivity index (χ0) is 15.0. The van der Waals surface area contributed by atoms with Crippen molar-refractivity contribution in [1.82, 2.24) is 9.97 Å². The molecule has 21 heavy (non-hydrogen) atoms. The second-order valence-corrected chi connectivity index (χ2v) is 4.74. The van der Waals surface area contributed by atoms with Crippen molar-refractivity contribution in [2.75, 3.05) is 7.11 Å². The number of hydrogen-bond acceptors (Lipinski definition) is 5. The first kappa shape index (κ1) is 13.3. The molecule has 0 unspecified atom stereocenters. The number of ether oxygens (including phenoxy) is 1. The molecule has 0 aliphatic carbocycles. The van der Waals surface area contributed by atoms with Crippen molar-refractivity contribution >= 4 is 16.9 Å². The van der Waals surface area contributed by atoms with Crippen LogP contribution in [0, 0.1) is 13.8 Å². The van der Waals surface area contributed by atoms with Crippen molar-refractivity contribution in [2.45, 2.75) is 13.8 Å². The van der Waals surface area contributed by atoms with Crippen molar-refractivity contribution in [3.8, 4) is 5.75 Å². The fourth-order valence-electron chi connectivity index (χ4n) is 2.23. The van der Waals surface area contributed by atoms with Crippen LogP contribution >= 0.6 is 0 Å². The average molecular weight is 282 g/mol. The summed E-state index contributed by atoms with van der Waals surface area (Å²) in [4.78, 5) is 20.9. The molecule has 0 radical (unpaired) electrons. The van der Waals surface area contributed by atoms with Gasteiger partial charge in [-0.25, -0.2) is 9.97 Å². The third-order valence-corrected chi connectivity index (χ3v) is 3.53. The van der Waals surface area contributed by atoms with Crippen LogP contribution in [0.2, 0.25) is 0 Å². The number of aryl methyl sites for hydroxylation is 2. The van der Waals surface area contributed by atoms with E-state index in [1.807, 2.05) is 13.8 Å². The summed E-state index contributed by atoms with van der Waals surface area (Å²) in [6.07, 6.45) is 1.35. The normalized spacial score (nSPS) is 10.8. The fourth-order valence-corrected chi connectivity index (χ4v) is 2.23. The molecule has 5 nitrogen and oxygen atoms in total. The third-order valence-electron chi connectivity index (χ3n) is 3.53. The molecule has 0 fully saturated rings. The molecule has 106 valence electrons. The summed E-state index contributed by atoms with van der Waals surface area (Å²) in [7, 11) is 1.59. The highest BCUT2D eigenvalue weighted by Crippen LogP contribution is 2.26. The van der Waals surface area contributed by atoms with E-state index in [-0.39, 0.29) is 5.78 Å². The lowest BCUT2D eigenvalue weighted by molar-refractivity contribution is 0.103. The monoisotopic (exact) mass is 282 g/mol. The molecule has 0 spiro atoms. The SMILES string of the molecule is COc1ccc(C(=O)c2ncnc3oc(C)c(C)c23)cc1. The lowest BCUT2D eigenvalue weighted by Crippen LogP contribution is -2.05. The van der Waals surface area contributed by atoms with Gasteiger partial charge in [-0.3, -0.25) is 4.79 Å². The Hall–Kier alpha value is -2.69. The molecule has 0 atom stereocenters. The van der Waals surface area contributed by atoms with Crippen LogP contribution in [0.1, 0.15) is 27.4 Å². The van der Waals surface area contributed by atoms with E-state index >= 15 is 0 Å². The first-order valence-electron chi connectivity index (χ1n) is 6.51. The number of hydrogen-bond donors (Lipinski definition) is 0. The Bertz CT molecular complexity index is 819. The molecule has 1 aromatic carbocycles. The molecule has 0 aliphatic heterocycles. The summed E-state index contributed by atoms with van der Waals surface area (Å²) in [5.41, 5.74) is 2.24. The number of methoxy groups -OCH3 is 1. The van der Waals surface area contributed by atoms with E-state index in [1.165, 1.54) is 6.33 Å². The second-order valence-electron chi connectivity index (χ2n) is 4.74. The minimum atomic E-state index is -0.158. The third kappa shape index (κ3) is 2.16. The summed E-state index contributed by atoms with van der Waals surface area (Å²) in [5.74, 6) is 1.29. The maximum absolute atomic E-state index is 12.6. The Morgan fingerprint density at radius 3 is 2.52 bits per heavy atom. The summed E-state index contributed by atoms with van der Waals surface area (Å²) >= 11 is 0. The second kappa shape index (κ2) is 5.01. The van der Waals surface area contributed by atoms with Gasteiger partial charge in [-0.15, -0.1) is 0 Å². The average Bonchev–Trinajstić information content (AvgIpc) is 2.81. The van der Waals surface area contributed by atoms with Crippen molar-refractivity contribution in [3.63, 3.8) is 0 Å². The summed E-state index contributed by atoms with van der Waals surface area (Å²) in [6, 6.07) is 6.94. The van der Waals surface area contributed by atoms with Crippen LogP contribution < -0.4 is 4.74 Å². The lowest BCUT2D eigenvalue weighted by Gasteiger charge is -2.03. The lowest BCUT2D eigenvalue weighted by atomic mass is 10.0. The Morgan fingerprint density at radius 2 is 1.86 bits per heavy atom. The molecule has 5 heteroatoms. The predicted molar refractivity (Wildman–Crippen MR) is 77.7 cm³/mol. The number of aromatic nitrogens is 2. The molecular weight excluding hydrogens is 268 g/mol. The largest absolute Gasteiger partial charge is 0.497 e. The quantitative estimate of drug-likeness (QED) is 0.691. The number of fused-ring (bicyclic) bond motifs is 1. The van der Waals surface area contributed by atoms with Crippen LogP contribution in [-0.2, 0) is 0 Å². The maximum Gasteiger partial charge on any atom is 0.230 e. The summed E-state index contributed by atoms with van der Waals surface area (Å²) in [6.45, 7) is 3.74. The van der Waals surface area contributed by atoms with E-state index in [0.717, 1.165) is 11.3 Å². The molecule has 0 aliphatic rings. The van der Waals surface area contributed by atoms with E-state index in [1.54, 1.807) is 31.4 Å². The van der Waals surface area contributed by atoms with Crippen LogP contribution in [0.5, 0.6) is 5.75 Å². The van der Waals surface area contributed by atoms with Gasteiger partial charge in [0, 0.05) is 11.1 Å². The van der Waals surface area contributed by atoms with Gasteiger partial charge in [0.1, 0.15) is 23.5 Å². The van der Waals surface area contributed by atoms with Crippen LogP contribution in [0.25, 0.3) is 11.1 Å². The molecule has 3 aromatic rings. The van der Waals surface area contributed by atoms with Gasteiger partial charge in [-0.05, 0) is 38.1 Å².